The summed E-state index contributed by atoms with van der Waals surface area (Å²) in [7, 11) is 0. The predicted octanol–water partition coefficient (Wildman–Crippen LogP) is -1.84. The molecule has 0 unspecified atom stereocenters. The summed E-state index contributed by atoms with van der Waals surface area (Å²) in [5.41, 5.74) is 5.27. The van der Waals surface area contributed by atoms with E-state index in [1.165, 1.54) is 6.92 Å². The maximum Gasteiger partial charge on any atom is 0.165 e. The van der Waals surface area contributed by atoms with Gasteiger partial charge in [-0.3, -0.25) is 0 Å². The third-order valence-electron chi connectivity index (χ3n) is 2.00. The molecule has 0 aliphatic carbocycles. The van der Waals surface area contributed by atoms with Crippen LogP contribution in [0.2, 0.25) is 0 Å². The number of hydrogen-bond acceptors (Lipinski definition) is 5. The second kappa shape index (κ2) is 3.27. The Morgan fingerprint density at radius 1 is 1.58 bits per heavy atom. The highest BCUT2D eigenvalue weighted by Gasteiger charge is 2.41. The molecule has 0 radical (unpaired) electrons. The summed E-state index contributed by atoms with van der Waals surface area (Å²) in [4.78, 5) is 0. The van der Waals surface area contributed by atoms with Crippen LogP contribution in [0, 0.1) is 0 Å². The van der Waals surface area contributed by atoms with Gasteiger partial charge in [-0.2, -0.15) is 0 Å². The Balaban J connectivity index is 2.65. The van der Waals surface area contributed by atoms with Gasteiger partial charge in [-0.1, -0.05) is 0 Å². The summed E-state index contributed by atoms with van der Waals surface area (Å²) in [5.74, 6) is -1.39. The van der Waals surface area contributed by atoms with Crippen LogP contribution in [0.5, 0.6) is 0 Å². The van der Waals surface area contributed by atoms with Crippen molar-refractivity contribution >= 4 is 0 Å². The molecule has 0 saturated carbocycles. The molecule has 5 heteroatoms. The van der Waals surface area contributed by atoms with Crippen molar-refractivity contribution in [1.82, 2.24) is 0 Å². The van der Waals surface area contributed by atoms with Crippen LogP contribution in [-0.2, 0) is 4.74 Å². The Hall–Kier alpha value is -0.200. The highest BCUT2D eigenvalue weighted by atomic mass is 16.6. The van der Waals surface area contributed by atoms with Crippen LogP contribution in [0.4, 0.5) is 0 Å². The predicted molar refractivity (Wildman–Crippen MR) is 41.2 cm³/mol. The zero-order valence-electron chi connectivity index (χ0n) is 6.97. The summed E-state index contributed by atoms with van der Waals surface area (Å²) in [6, 6.07) is 0. The Morgan fingerprint density at radius 2 is 2.17 bits per heavy atom. The van der Waals surface area contributed by atoms with E-state index in [4.69, 9.17) is 10.5 Å². The Kier molecular flexibility index (Phi) is 2.70. The molecular weight excluding hydrogens is 162 g/mol. The van der Waals surface area contributed by atoms with Crippen molar-refractivity contribution < 1.29 is 20.1 Å². The molecule has 1 aliphatic heterocycles. The Labute approximate surface area is 70.8 Å². The monoisotopic (exact) mass is 177 g/mol. The quantitative estimate of drug-likeness (QED) is 0.377. The first kappa shape index (κ1) is 9.88. The molecule has 5 N–H and O–H groups in total. The minimum Gasteiger partial charge on any atom is -0.390 e. The normalized spacial score (nSPS) is 49.2. The summed E-state index contributed by atoms with van der Waals surface area (Å²) in [6.07, 6.45) is -2.66. The van der Waals surface area contributed by atoms with E-state index in [2.05, 4.69) is 0 Å². The minimum atomic E-state index is -1.39. The van der Waals surface area contributed by atoms with Crippen molar-refractivity contribution in [3.63, 3.8) is 0 Å². The smallest absolute Gasteiger partial charge is 0.165 e. The lowest BCUT2D eigenvalue weighted by Gasteiger charge is -2.40. The van der Waals surface area contributed by atoms with Crippen LogP contribution >= 0.6 is 0 Å². The molecule has 72 valence electrons. The van der Waals surface area contributed by atoms with Crippen LogP contribution in [0.15, 0.2) is 0 Å². The van der Waals surface area contributed by atoms with E-state index < -0.39 is 24.1 Å². The number of rotatable bonds is 1. The van der Waals surface area contributed by atoms with E-state index >= 15 is 0 Å². The van der Waals surface area contributed by atoms with E-state index in [1.54, 1.807) is 0 Å². The number of hydrogen-bond donors (Lipinski definition) is 4. The number of aliphatic hydroxyl groups is 3. The standard InChI is InChI=1S/C7H15NO4/c1-7(11)2-4(9)6(10)5(3-8)12-7/h4-6,9-11H,2-3,8H2,1H3/t4-,5-,6+,7-/m1/s1. The van der Waals surface area contributed by atoms with Gasteiger partial charge in [0.1, 0.15) is 12.2 Å². The minimum absolute atomic E-state index is 0.00463. The molecule has 5 nitrogen and oxygen atoms in total. The maximum atomic E-state index is 9.42. The van der Waals surface area contributed by atoms with Gasteiger partial charge in [0.15, 0.2) is 5.79 Å². The number of nitrogens with two attached hydrogens (primary N) is 1. The average Bonchev–Trinajstić information content (AvgIpc) is 1.96. The van der Waals surface area contributed by atoms with Gasteiger partial charge in [-0.05, 0) is 6.92 Å². The molecule has 0 aromatic carbocycles. The first-order chi connectivity index (χ1) is 5.46. The highest BCUT2D eigenvalue weighted by molar-refractivity contribution is 4.87. The van der Waals surface area contributed by atoms with Crippen molar-refractivity contribution in [2.24, 2.45) is 5.73 Å². The molecule has 0 aromatic rings. The summed E-state index contributed by atoms with van der Waals surface area (Å²) in [5, 5.41) is 28.0. The molecule has 1 rings (SSSR count). The van der Waals surface area contributed by atoms with Gasteiger partial charge in [0, 0.05) is 13.0 Å². The van der Waals surface area contributed by atoms with E-state index in [0.717, 1.165) is 0 Å². The highest BCUT2D eigenvalue weighted by Crippen LogP contribution is 2.26. The second-order valence-electron chi connectivity index (χ2n) is 3.33. The average molecular weight is 177 g/mol. The van der Waals surface area contributed by atoms with Crippen molar-refractivity contribution in [2.45, 2.75) is 37.4 Å². The lowest BCUT2D eigenvalue weighted by molar-refractivity contribution is -0.288. The van der Waals surface area contributed by atoms with Crippen LogP contribution in [0.25, 0.3) is 0 Å². The zero-order chi connectivity index (χ0) is 9.35. The lowest BCUT2D eigenvalue weighted by Crippen LogP contribution is -2.55. The third kappa shape index (κ3) is 1.94. The topological polar surface area (TPSA) is 95.9 Å². The summed E-state index contributed by atoms with van der Waals surface area (Å²) >= 11 is 0. The molecule has 0 aromatic heterocycles. The number of ether oxygens (including phenoxy) is 1. The van der Waals surface area contributed by atoms with E-state index in [0.29, 0.717) is 0 Å². The first-order valence-corrected chi connectivity index (χ1v) is 3.92. The second-order valence-corrected chi connectivity index (χ2v) is 3.33. The molecule has 0 bridgehead atoms. The van der Waals surface area contributed by atoms with Gasteiger partial charge in [0.25, 0.3) is 0 Å². The van der Waals surface area contributed by atoms with Gasteiger partial charge in [0.2, 0.25) is 0 Å². The Morgan fingerprint density at radius 3 is 2.67 bits per heavy atom. The largest absolute Gasteiger partial charge is 0.390 e. The molecule has 1 aliphatic rings. The zero-order valence-corrected chi connectivity index (χ0v) is 6.97. The maximum absolute atomic E-state index is 9.42. The SMILES string of the molecule is C[C@]1(O)C[C@@H](O)[C@H](O)[C@@H](CN)O1. The van der Waals surface area contributed by atoms with E-state index in [1.807, 2.05) is 0 Å². The van der Waals surface area contributed by atoms with Gasteiger partial charge in [-0.25, -0.2) is 0 Å². The summed E-state index contributed by atoms with van der Waals surface area (Å²) < 4.78 is 5.03. The molecule has 1 fully saturated rings. The van der Waals surface area contributed by atoms with E-state index in [9.17, 15) is 15.3 Å². The molecule has 0 amide bonds. The van der Waals surface area contributed by atoms with Gasteiger partial charge in [-0.15, -0.1) is 0 Å². The Bertz CT molecular complexity index is 161. The molecule has 4 atom stereocenters. The molecular formula is C7H15NO4. The van der Waals surface area contributed by atoms with Gasteiger partial charge < -0.3 is 25.8 Å². The van der Waals surface area contributed by atoms with Gasteiger partial charge >= 0.3 is 0 Å². The van der Waals surface area contributed by atoms with Crippen molar-refractivity contribution in [3.05, 3.63) is 0 Å². The van der Waals surface area contributed by atoms with Crippen LogP contribution < -0.4 is 5.73 Å². The van der Waals surface area contributed by atoms with Crippen LogP contribution in [-0.4, -0.2) is 46.0 Å². The van der Waals surface area contributed by atoms with Gasteiger partial charge in [0.05, 0.1) is 6.10 Å². The van der Waals surface area contributed by atoms with Crippen LogP contribution in [0.3, 0.4) is 0 Å². The summed E-state index contributed by atoms with van der Waals surface area (Å²) in [6.45, 7) is 1.51. The first-order valence-electron chi connectivity index (χ1n) is 3.92. The lowest BCUT2D eigenvalue weighted by atomic mass is 9.96. The fourth-order valence-electron chi connectivity index (χ4n) is 1.39. The molecule has 1 heterocycles. The van der Waals surface area contributed by atoms with Crippen molar-refractivity contribution in [2.75, 3.05) is 6.54 Å². The molecule has 1 saturated heterocycles. The van der Waals surface area contributed by atoms with Crippen molar-refractivity contribution in [3.8, 4) is 0 Å². The fraction of sp³-hybridized carbons (Fsp3) is 1.00. The number of aliphatic hydroxyl groups excluding tert-OH is 2. The fourth-order valence-corrected chi connectivity index (χ4v) is 1.39. The third-order valence-corrected chi connectivity index (χ3v) is 2.00. The van der Waals surface area contributed by atoms with E-state index in [-0.39, 0.29) is 13.0 Å². The van der Waals surface area contributed by atoms with Crippen molar-refractivity contribution in [1.29, 1.82) is 0 Å². The van der Waals surface area contributed by atoms with Crippen LogP contribution in [0.1, 0.15) is 13.3 Å². The molecule has 0 spiro atoms. The molecule has 12 heavy (non-hydrogen) atoms.